The number of benzene rings is 1. The van der Waals surface area contributed by atoms with E-state index in [1.807, 2.05) is 11.9 Å². The van der Waals surface area contributed by atoms with E-state index in [2.05, 4.69) is 10.1 Å². The lowest BCUT2D eigenvalue weighted by molar-refractivity contribution is -0.140. The molecule has 0 spiro atoms. The Balaban J connectivity index is 1.82. The number of hydrogen-bond donors (Lipinski definition) is 1. The molecular formula is C20H19F5N4O2. The highest BCUT2D eigenvalue weighted by Crippen LogP contribution is 2.39. The van der Waals surface area contributed by atoms with Crippen LogP contribution in [0, 0.1) is 18.6 Å². The predicted molar refractivity (Wildman–Crippen MR) is 102 cm³/mol. The molecule has 6 nitrogen and oxygen atoms in total. The summed E-state index contributed by atoms with van der Waals surface area (Å²) in [6, 6.07) is 3.72. The molecule has 1 fully saturated rings. The van der Waals surface area contributed by atoms with Crippen LogP contribution in [0.25, 0.3) is 16.7 Å². The van der Waals surface area contributed by atoms with Gasteiger partial charge in [0, 0.05) is 26.3 Å². The van der Waals surface area contributed by atoms with Gasteiger partial charge >= 0.3 is 6.18 Å². The molecule has 0 unspecified atom stereocenters. The number of alkyl halides is 3. The maximum atomic E-state index is 14.5. The third-order valence-electron chi connectivity index (χ3n) is 5.47. The Morgan fingerprint density at radius 3 is 2.48 bits per heavy atom. The molecule has 0 aliphatic carbocycles. The normalized spacial score (nSPS) is 15.6. The molecule has 1 aliphatic heterocycles. The number of nitrogens with zero attached hydrogens (tertiary/aromatic N) is 4. The number of phenolic OH excluding ortho intramolecular Hbond substituents is 1. The van der Waals surface area contributed by atoms with Crippen molar-refractivity contribution in [3.8, 4) is 11.4 Å². The molecule has 3 heterocycles. The molecule has 31 heavy (non-hydrogen) atoms. The molecule has 0 atom stereocenters. The van der Waals surface area contributed by atoms with E-state index >= 15 is 0 Å². The molecule has 0 bridgehead atoms. The van der Waals surface area contributed by atoms with Crippen molar-refractivity contribution in [3.05, 3.63) is 41.1 Å². The molecular weight excluding hydrogens is 423 g/mol. The lowest BCUT2D eigenvalue weighted by atomic mass is 10.1. The zero-order valence-electron chi connectivity index (χ0n) is 16.7. The van der Waals surface area contributed by atoms with Crippen LogP contribution in [-0.2, 0) is 10.9 Å². The highest BCUT2D eigenvalue weighted by Gasteiger charge is 2.38. The van der Waals surface area contributed by atoms with Crippen LogP contribution in [0.15, 0.2) is 18.2 Å². The molecule has 1 N–H and O–H groups in total. The number of aromatic nitrogens is 3. The van der Waals surface area contributed by atoms with Crippen LogP contribution >= 0.6 is 0 Å². The third-order valence-corrected chi connectivity index (χ3v) is 5.47. The molecule has 166 valence electrons. The number of halogens is 5. The van der Waals surface area contributed by atoms with Crippen molar-refractivity contribution in [1.82, 2.24) is 14.8 Å². The molecule has 2 aromatic heterocycles. The van der Waals surface area contributed by atoms with E-state index < -0.39 is 34.8 Å². The summed E-state index contributed by atoms with van der Waals surface area (Å²) in [6.45, 7) is 2.86. The van der Waals surface area contributed by atoms with Gasteiger partial charge in [-0.25, -0.2) is 18.4 Å². The van der Waals surface area contributed by atoms with Crippen molar-refractivity contribution < 1.29 is 31.8 Å². The Bertz CT molecular complexity index is 1140. The second-order valence-corrected chi connectivity index (χ2v) is 7.41. The summed E-state index contributed by atoms with van der Waals surface area (Å²) in [7, 11) is 1.89. The smallest absolute Gasteiger partial charge is 0.419 e. The van der Waals surface area contributed by atoms with Gasteiger partial charge in [-0.1, -0.05) is 0 Å². The molecule has 0 radical (unpaired) electrons. The Morgan fingerprint density at radius 2 is 1.84 bits per heavy atom. The summed E-state index contributed by atoms with van der Waals surface area (Å²) < 4.78 is 74.1. The minimum absolute atomic E-state index is 0.217. The van der Waals surface area contributed by atoms with E-state index in [1.54, 1.807) is 19.1 Å². The number of fused-ring (bicyclic) bond motifs is 1. The van der Waals surface area contributed by atoms with Crippen LogP contribution in [0.3, 0.4) is 0 Å². The fraction of sp³-hybridized carbons (Fsp3) is 0.400. The minimum atomic E-state index is -5.13. The Labute approximate surface area is 173 Å². The first-order chi connectivity index (χ1) is 14.6. The van der Waals surface area contributed by atoms with Gasteiger partial charge in [0.25, 0.3) is 0 Å². The number of aryl methyl sites for hydroxylation is 1. The Kier molecular flexibility index (Phi) is 5.24. The number of phenols is 1. The molecule has 3 aromatic rings. The zero-order valence-corrected chi connectivity index (χ0v) is 16.7. The first kappa shape index (κ1) is 21.3. The first-order valence-electron chi connectivity index (χ1n) is 9.55. The van der Waals surface area contributed by atoms with E-state index in [0.717, 1.165) is 17.5 Å². The number of hydrogen-bond acceptors (Lipinski definition) is 5. The van der Waals surface area contributed by atoms with Crippen molar-refractivity contribution in [3.63, 3.8) is 0 Å². The molecule has 0 amide bonds. The number of pyridine rings is 1. The number of ether oxygens (including phenoxy) is 1. The molecule has 1 saturated heterocycles. The van der Waals surface area contributed by atoms with Crippen molar-refractivity contribution in [2.45, 2.75) is 32.0 Å². The van der Waals surface area contributed by atoms with Gasteiger partial charge in [-0.3, -0.25) is 0 Å². The standard InChI is InChI=1S/C20H19F5N4O2/c1-10-18-13(3-4-15(26-18)28(2)11-5-7-31-8-6-11)29(27-10)14-9-12(20(23,24)25)16(21)19(30)17(14)22/h3-4,9,11,30H,5-8H2,1-2H3. The van der Waals surface area contributed by atoms with Crippen molar-refractivity contribution in [1.29, 1.82) is 0 Å². The highest BCUT2D eigenvalue weighted by molar-refractivity contribution is 5.81. The highest BCUT2D eigenvalue weighted by atomic mass is 19.4. The van der Waals surface area contributed by atoms with E-state index in [1.165, 1.54) is 0 Å². The number of rotatable bonds is 3. The molecule has 11 heteroatoms. The molecule has 1 aromatic carbocycles. The van der Waals surface area contributed by atoms with Crippen LogP contribution in [0.4, 0.5) is 27.8 Å². The number of anilines is 1. The van der Waals surface area contributed by atoms with Crippen LogP contribution in [-0.4, -0.2) is 46.2 Å². The van der Waals surface area contributed by atoms with E-state index in [4.69, 9.17) is 4.74 Å². The van der Waals surface area contributed by atoms with E-state index in [0.29, 0.717) is 36.3 Å². The summed E-state index contributed by atoms with van der Waals surface area (Å²) in [5, 5.41) is 13.7. The van der Waals surface area contributed by atoms with Crippen LogP contribution in [0.2, 0.25) is 0 Å². The maximum absolute atomic E-state index is 14.5. The van der Waals surface area contributed by atoms with Crippen LogP contribution in [0.1, 0.15) is 24.1 Å². The van der Waals surface area contributed by atoms with Gasteiger partial charge in [-0.15, -0.1) is 0 Å². The van der Waals surface area contributed by atoms with Gasteiger partial charge in [0.1, 0.15) is 17.0 Å². The number of aromatic hydroxyl groups is 1. The summed E-state index contributed by atoms with van der Waals surface area (Å²) in [6.07, 6.45) is -3.47. The van der Waals surface area contributed by atoms with Gasteiger partial charge in [0.2, 0.25) is 0 Å². The van der Waals surface area contributed by atoms with Crippen molar-refractivity contribution >= 4 is 16.9 Å². The molecule has 0 saturated carbocycles. The van der Waals surface area contributed by atoms with Gasteiger partial charge in [-0.2, -0.15) is 18.3 Å². The third kappa shape index (κ3) is 3.67. The van der Waals surface area contributed by atoms with Crippen LogP contribution < -0.4 is 4.90 Å². The van der Waals surface area contributed by atoms with Gasteiger partial charge in [-0.05, 0) is 38.0 Å². The fourth-order valence-corrected chi connectivity index (χ4v) is 3.74. The Morgan fingerprint density at radius 1 is 1.16 bits per heavy atom. The summed E-state index contributed by atoms with van der Waals surface area (Å²) >= 11 is 0. The summed E-state index contributed by atoms with van der Waals surface area (Å²) in [4.78, 5) is 6.55. The van der Waals surface area contributed by atoms with Gasteiger partial charge in [0.15, 0.2) is 17.4 Å². The maximum Gasteiger partial charge on any atom is 0.419 e. The lowest BCUT2D eigenvalue weighted by Gasteiger charge is -2.32. The monoisotopic (exact) mass is 442 g/mol. The zero-order chi connectivity index (χ0) is 22.5. The van der Waals surface area contributed by atoms with E-state index in [9.17, 15) is 27.1 Å². The topological polar surface area (TPSA) is 63.4 Å². The van der Waals surface area contributed by atoms with E-state index in [-0.39, 0.29) is 11.6 Å². The molecule has 4 rings (SSSR count). The molecule has 1 aliphatic rings. The fourth-order valence-electron chi connectivity index (χ4n) is 3.74. The average Bonchev–Trinajstić information content (AvgIpc) is 3.07. The predicted octanol–water partition coefficient (Wildman–Crippen LogP) is 4.35. The first-order valence-corrected chi connectivity index (χ1v) is 9.55. The largest absolute Gasteiger partial charge is 0.503 e. The second kappa shape index (κ2) is 7.63. The summed E-state index contributed by atoms with van der Waals surface area (Å²) in [5.41, 5.74) is -1.59. The van der Waals surface area contributed by atoms with Crippen molar-refractivity contribution in [2.75, 3.05) is 25.2 Å². The lowest BCUT2D eigenvalue weighted by Crippen LogP contribution is -2.37. The Hall–Kier alpha value is -2.95. The van der Waals surface area contributed by atoms with Gasteiger partial charge < -0.3 is 14.7 Å². The quantitative estimate of drug-likeness (QED) is 0.612. The van der Waals surface area contributed by atoms with Gasteiger partial charge in [0.05, 0.1) is 16.8 Å². The second-order valence-electron chi connectivity index (χ2n) is 7.41. The van der Waals surface area contributed by atoms with Crippen LogP contribution in [0.5, 0.6) is 5.75 Å². The SMILES string of the molecule is Cc1nn(-c2cc(C(F)(F)F)c(F)c(O)c2F)c2ccc(N(C)C3CCOCC3)nc12. The summed E-state index contributed by atoms with van der Waals surface area (Å²) in [5.74, 6) is -4.70. The van der Waals surface area contributed by atoms with Crippen molar-refractivity contribution in [2.24, 2.45) is 0 Å². The average molecular weight is 442 g/mol. The minimum Gasteiger partial charge on any atom is -0.503 e.